The van der Waals surface area contributed by atoms with Crippen molar-refractivity contribution in [1.82, 2.24) is 4.98 Å². The molecule has 100 valence electrons. The Bertz CT molecular complexity index is 389. The predicted octanol–water partition coefficient (Wildman–Crippen LogP) is 3.69. The highest BCUT2D eigenvalue weighted by atomic mass is 35.5. The number of ether oxygens (including phenoxy) is 1. The molecule has 1 N–H and O–H groups in total. The van der Waals surface area contributed by atoms with Crippen LogP contribution in [0.4, 0.5) is 5.82 Å². The molecule has 1 fully saturated rings. The van der Waals surface area contributed by atoms with Crippen molar-refractivity contribution in [3.8, 4) is 5.88 Å². The maximum atomic E-state index is 6.19. The molecule has 1 heterocycles. The third-order valence-corrected chi connectivity index (χ3v) is 4.32. The van der Waals surface area contributed by atoms with E-state index in [0.717, 1.165) is 24.6 Å². The molecule has 0 atom stereocenters. The first-order chi connectivity index (χ1) is 8.67. The maximum absolute atomic E-state index is 6.19. The highest BCUT2D eigenvalue weighted by Crippen LogP contribution is 2.35. The standard InChI is InChI=1S/C14H21ClN2O/c1-11-6-8-14(10-15,9-7-11)17-12-4-3-5-13(16-12)18-2/h3-5,11H,6-10H2,1-2H3,(H,16,17). The number of halogens is 1. The number of methoxy groups -OCH3 is 1. The lowest BCUT2D eigenvalue weighted by atomic mass is 9.78. The Balaban J connectivity index is 2.09. The molecule has 0 saturated heterocycles. The Hall–Kier alpha value is -0.960. The molecule has 1 saturated carbocycles. The second-order valence-corrected chi connectivity index (χ2v) is 5.55. The molecule has 0 unspecified atom stereocenters. The fourth-order valence-electron chi connectivity index (χ4n) is 2.48. The van der Waals surface area contributed by atoms with E-state index in [1.807, 2.05) is 18.2 Å². The van der Waals surface area contributed by atoms with Gasteiger partial charge in [0.05, 0.1) is 12.6 Å². The quantitative estimate of drug-likeness (QED) is 0.846. The van der Waals surface area contributed by atoms with E-state index in [4.69, 9.17) is 16.3 Å². The Kier molecular flexibility index (Phi) is 4.33. The van der Waals surface area contributed by atoms with E-state index in [-0.39, 0.29) is 5.54 Å². The first-order valence-electron chi connectivity index (χ1n) is 6.53. The van der Waals surface area contributed by atoms with Gasteiger partial charge in [-0.15, -0.1) is 11.6 Å². The SMILES string of the molecule is COc1cccc(NC2(CCl)CCC(C)CC2)n1. The van der Waals surface area contributed by atoms with Crippen molar-refractivity contribution in [3.63, 3.8) is 0 Å². The lowest BCUT2D eigenvalue weighted by molar-refractivity contribution is 0.286. The minimum atomic E-state index is -0.00652. The summed E-state index contributed by atoms with van der Waals surface area (Å²) in [5.74, 6) is 2.92. The minimum Gasteiger partial charge on any atom is -0.481 e. The average Bonchev–Trinajstić information content (AvgIpc) is 2.42. The van der Waals surface area contributed by atoms with Gasteiger partial charge in [0.25, 0.3) is 0 Å². The molecule has 0 aliphatic heterocycles. The third kappa shape index (κ3) is 3.08. The summed E-state index contributed by atoms with van der Waals surface area (Å²) in [6.07, 6.45) is 4.67. The summed E-state index contributed by atoms with van der Waals surface area (Å²) >= 11 is 6.19. The zero-order valence-electron chi connectivity index (χ0n) is 11.1. The number of pyridine rings is 1. The smallest absolute Gasteiger partial charge is 0.214 e. The molecule has 1 aromatic rings. The molecule has 1 aliphatic carbocycles. The summed E-state index contributed by atoms with van der Waals surface area (Å²) in [5, 5.41) is 3.52. The van der Waals surface area contributed by atoms with Crippen molar-refractivity contribution in [2.75, 3.05) is 18.3 Å². The molecule has 0 bridgehead atoms. The number of rotatable bonds is 4. The lowest BCUT2D eigenvalue weighted by Crippen LogP contribution is -2.43. The highest BCUT2D eigenvalue weighted by Gasteiger charge is 2.33. The molecular formula is C14H21ClN2O. The predicted molar refractivity (Wildman–Crippen MR) is 75.5 cm³/mol. The zero-order chi connectivity index (χ0) is 13.0. The van der Waals surface area contributed by atoms with Crippen molar-refractivity contribution < 1.29 is 4.74 Å². The van der Waals surface area contributed by atoms with E-state index in [1.54, 1.807) is 7.11 Å². The molecule has 3 nitrogen and oxygen atoms in total. The molecule has 0 spiro atoms. The molecule has 0 radical (unpaired) electrons. The Morgan fingerprint density at radius 2 is 2.17 bits per heavy atom. The van der Waals surface area contributed by atoms with Crippen LogP contribution in [0.15, 0.2) is 18.2 Å². The van der Waals surface area contributed by atoms with Crippen molar-refractivity contribution in [2.24, 2.45) is 5.92 Å². The average molecular weight is 269 g/mol. The number of hydrogen-bond acceptors (Lipinski definition) is 3. The van der Waals surface area contributed by atoms with Crippen LogP contribution in [-0.4, -0.2) is 23.5 Å². The molecule has 0 amide bonds. The number of nitrogens with one attached hydrogen (secondary N) is 1. The Morgan fingerprint density at radius 3 is 2.78 bits per heavy atom. The van der Waals surface area contributed by atoms with Crippen molar-refractivity contribution >= 4 is 17.4 Å². The number of anilines is 1. The summed E-state index contributed by atoms with van der Waals surface area (Å²) in [7, 11) is 1.63. The minimum absolute atomic E-state index is 0.00652. The van der Waals surface area contributed by atoms with Gasteiger partial charge in [0.1, 0.15) is 5.82 Å². The fraction of sp³-hybridized carbons (Fsp3) is 0.643. The van der Waals surface area contributed by atoms with Crippen LogP contribution in [-0.2, 0) is 0 Å². The molecule has 0 aromatic carbocycles. The van der Waals surface area contributed by atoms with Gasteiger partial charge in [-0.25, -0.2) is 0 Å². The highest BCUT2D eigenvalue weighted by molar-refractivity contribution is 6.18. The molecule has 1 aliphatic rings. The topological polar surface area (TPSA) is 34.1 Å². The normalized spacial score (nSPS) is 27.8. The molecule has 4 heteroatoms. The molecule has 2 rings (SSSR count). The van der Waals surface area contributed by atoms with Gasteiger partial charge in [-0.3, -0.25) is 0 Å². The fourth-order valence-corrected chi connectivity index (χ4v) is 2.81. The van der Waals surface area contributed by atoms with Gasteiger partial charge >= 0.3 is 0 Å². The van der Waals surface area contributed by atoms with E-state index in [2.05, 4.69) is 17.2 Å². The van der Waals surface area contributed by atoms with E-state index < -0.39 is 0 Å². The van der Waals surface area contributed by atoms with Crippen LogP contribution in [0.1, 0.15) is 32.6 Å². The molecular weight excluding hydrogens is 248 g/mol. The summed E-state index contributed by atoms with van der Waals surface area (Å²) in [6, 6.07) is 5.76. The van der Waals surface area contributed by atoms with Crippen molar-refractivity contribution in [1.29, 1.82) is 0 Å². The second-order valence-electron chi connectivity index (χ2n) is 5.29. The number of nitrogens with zero attached hydrogens (tertiary/aromatic N) is 1. The number of hydrogen-bond donors (Lipinski definition) is 1. The van der Waals surface area contributed by atoms with Gasteiger partial charge in [0.2, 0.25) is 5.88 Å². The number of aromatic nitrogens is 1. The van der Waals surface area contributed by atoms with Gasteiger partial charge in [0, 0.05) is 11.9 Å². The van der Waals surface area contributed by atoms with Crippen LogP contribution in [0.25, 0.3) is 0 Å². The second kappa shape index (κ2) is 5.79. The van der Waals surface area contributed by atoms with E-state index in [9.17, 15) is 0 Å². The number of alkyl halides is 1. The van der Waals surface area contributed by atoms with Gasteiger partial charge in [-0.2, -0.15) is 4.98 Å². The largest absolute Gasteiger partial charge is 0.481 e. The van der Waals surface area contributed by atoms with E-state index in [0.29, 0.717) is 11.8 Å². The molecule has 18 heavy (non-hydrogen) atoms. The monoisotopic (exact) mass is 268 g/mol. The van der Waals surface area contributed by atoms with Crippen LogP contribution in [0.5, 0.6) is 5.88 Å². The summed E-state index contributed by atoms with van der Waals surface area (Å²) in [6.45, 7) is 2.31. The lowest BCUT2D eigenvalue weighted by Gasteiger charge is -2.39. The summed E-state index contributed by atoms with van der Waals surface area (Å²) < 4.78 is 5.14. The molecule has 1 aromatic heterocycles. The van der Waals surface area contributed by atoms with Crippen LogP contribution in [0.3, 0.4) is 0 Å². The Labute approximate surface area is 114 Å². The van der Waals surface area contributed by atoms with Crippen LogP contribution in [0, 0.1) is 5.92 Å². The van der Waals surface area contributed by atoms with Gasteiger partial charge in [-0.05, 0) is 37.7 Å². The van der Waals surface area contributed by atoms with Crippen LogP contribution < -0.4 is 10.1 Å². The summed E-state index contributed by atoms with van der Waals surface area (Å²) in [4.78, 5) is 4.41. The Morgan fingerprint density at radius 1 is 1.44 bits per heavy atom. The van der Waals surface area contributed by atoms with E-state index in [1.165, 1.54) is 12.8 Å². The summed E-state index contributed by atoms with van der Waals surface area (Å²) in [5.41, 5.74) is -0.00652. The zero-order valence-corrected chi connectivity index (χ0v) is 11.8. The van der Waals surface area contributed by atoms with Gasteiger partial charge in [-0.1, -0.05) is 13.0 Å². The van der Waals surface area contributed by atoms with Gasteiger partial charge < -0.3 is 10.1 Å². The van der Waals surface area contributed by atoms with Gasteiger partial charge in [0.15, 0.2) is 0 Å². The maximum Gasteiger partial charge on any atom is 0.214 e. The third-order valence-electron chi connectivity index (χ3n) is 3.81. The first kappa shape index (κ1) is 13.5. The van der Waals surface area contributed by atoms with Crippen molar-refractivity contribution in [3.05, 3.63) is 18.2 Å². The van der Waals surface area contributed by atoms with Crippen LogP contribution >= 0.6 is 11.6 Å². The van der Waals surface area contributed by atoms with E-state index >= 15 is 0 Å². The van der Waals surface area contributed by atoms with Crippen LogP contribution in [0.2, 0.25) is 0 Å². The first-order valence-corrected chi connectivity index (χ1v) is 7.06. The van der Waals surface area contributed by atoms with Crippen molar-refractivity contribution in [2.45, 2.75) is 38.1 Å².